The molecule has 4 N–H and O–H groups in total. The third-order valence-corrected chi connectivity index (χ3v) is 7.66. The Labute approximate surface area is 190 Å². The summed E-state index contributed by atoms with van der Waals surface area (Å²) in [5.74, 6) is 0.478. The molecule has 0 amide bonds. The average Bonchev–Trinajstić information content (AvgIpc) is 3.33. The first-order chi connectivity index (χ1) is 15.7. The van der Waals surface area contributed by atoms with Gasteiger partial charge in [0.2, 0.25) is 0 Å². The second-order valence-electron chi connectivity index (χ2n) is 7.48. The van der Waals surface area contributed by atoms with Gasteiger partial charge in [-0.05, 0) is 6.07 Å². The molecule has 3 aromatic rings. The van der Waals surface area contributed by atoms with Crippen molar-refractivity contribution < 1.29 is 37.3 Å². The van der Waals surface area contributed by atoms with E-state index in [4.69, 9.17) is 35.8 Å². The first kappa shape index (κ1) is 22.5. The van der Waals surface area contributed by atoms with Crippen molar-refractivity contribution in [2.24, 2.45) is 0 Å². The number of hydrogen-bond donors (Lipinski definition) is 3. The van der Waals surface area contributed by atoms with Crippen LogP contribution in [0.1, 0.15) is 11.8 Å². The number of hydrogen-bond acceptors (Lipinski definition) is 11. The molecule has 1 fully saturated rings. The summed E-state index contributed by atoms with van der Waals surface area (Å²) in [4.78, 5) is 11.9. The van der Waals surface area contributed by atoms with Crippen LogP contribution in [-0.2, 0) is 32.2 Å². The van der Waals surface area contributed by atoms with Crippen LogP contribution in [0.5, 0.6) is 5.75 Å². The number of nitrogens with two attached hydrogens (primary N) is 1. The van der Waals surface area contributed by atoms with Gasteiger partial charge < -0.3 is 25.2 Å². The molecule has 15 heteroatoms. The summed E-state index contributed by atoms with van der Waals surface area (Å²) < 4.78 is 51.9. The van der Waals surface area contributed by atoms with E-state index in [9.17, 15) is 19.0 Å². The number of aliphatic hydroxyl groups excluding tert-OH is 2. The molecule has 2 aliphatic rings. The van der Waals surface area contributed by atoms with Gasteiger partial charge in [0.05, 0.1) is 19.5 Å². The fourth-order valence-corrected chi connectivity index (χ4v) is 5.51. The summed E-state index contributed by atoms with van der Waals surface area (Å²) in [5.41, 5.74) is 4.17. The number of nitrogen functional groups attached to an aromatic ring is 1. The van der Waals surface area contributed by atoms with Crippen molar-refractivity contribution in [3.05, 3.63) is 42.5 Å². The number of para-hydroxylation sites is 1. The lowest BCUT2D eigenvalue weighted by Crippen LogP contribution is -2.52. The van der Waals surface area contributed by atoms with E-state index in [2.05, 4.69) is 15.0 Å². The number of ether oxygens (including phenoxy) is 1. The Kier molecular flexibility index (Phi) is 5.56. The summed E-state index contributed by atoms with van der Waals surface area (Å²) in [7, 11) is 0. The van der Waals surface area contributed by atoms with E-state index in [0.717, 1.165) is 11.9 Å². The van der Waals surface area contributed by atoms with Crippen LogP contribution >= 0.6 is 6.72 Å². The Morgan fingerprint density at radius 3 is 2.88 bits per heavy atom. The van der Waals surface area contributed by atoms with Crippen molar-refractivity contribution >= 4 is 35.5 Å². The van der Waals surface area contributed by atoms with Crippen LogP contribution in [0, 0.1) is 0 Å². The van der Waals surface area contributed by atoms with Crippen LogP contribution in [0.15, 0.2) is 36.9 Å². The quantitative estimate of drug-likeness (QED) is 0.437. The van der Waals surface area contributed by atoms with Gasteiger partial charge in [-0.15, -0.1) is 0 Å². The highest BCUT2D eigenvalue weighted by Gasteiger charge is 2.61. The number of fused-ring (bicyclic) bond motifs is 2. The zero-order valence-corrected chi connectivity index (χ0v) is 18.4. The van der Waals surface area contributed by atoms with Gasteiger partial charge in [0.15, 0.2) is 23.3 Å². The molecule has 0 saturated carbocycles. The Morgan fingerprint density at radius 2 is 2.09 bits per heavy atom. The van der Waals surface area contributed by atoms with Crippen molar-refractivity contribution in [3.8, 4) is 5.75 Å². The maximum Gasteiger partial charge on any atom is 0.381 e. The molecule has 0 radical (unpaired) electrons. The summed E-state index contributed by atoms with van der Waals surface area (Å²) in [6.07, 6.45) is -6.20. The molecule has 5 rings (SSSR count). The largest absolute Gasteiger partial charge is 0.424 e. The van der Waals surface area contributed by atoms with Gasteiger partial charge in [-0.2, -0.15) is 0 Å². The van der Waals surface area contributed by atoms with Crippen LogP contribution in [0.2, 0.25) is 0 Å². The van der Waals surface area contributed by atoms with Crippen molar-refractivity contribution in [2.45, 2.75) is 37.1 Å². The SMILES string of the molecule is Nc1ncnc2c1ncn2[C@@H]1O[C@@](COP2(=S)OCc3ccccc3O2)(C(F)F)[C@H](O)[C@H]1O. The molecule has 33 heavy (non-hydrogen) atoms. The molecule has 1 saturated heterocycles. The smallest absolute Gasteiger partial charge is 0.381 e. The minimum atomic E-state index is -3.48. The van der Waals surface area contributed by atoms with Gasteiger partial charge in [0, 0.05) is 17.4 Å². The fourth-order valence-electron chi connectivity index (χ4n) is 3.70. The van der Waals surface area contributed by atoms with Gasteiger partial charge in [-0.3, -0.25) is 13.6 Å². The molecule has 0 aliphatic carbocycles. The summed E-state index contributed by atoms with van der Waals surface area (Å²) in [5, 5.41) is 21.2. The van der Waals surface area contributed by atoms with Crippen molar-refractivity contribution in [3.63, 3.8) is 0 Å². The van der Waals surface area contributed by atoms with E-state index < -0.39 is 43.8 Å². The van der Waals surface area contributed by atoms with Gasteiger partial charge in [-0.1, -0.05) is 18.2 Å². The van der Waals surface area contributed by atoms with Crippen molar-refractivity contribution in [1.29, 1.82) is 0 Å². The minimum absolute atomic E-state index is 0.0555. The number of alkyl halides is 2. The second kappa shape index (κ2) is 8.17. The van der Waals surface area contributed by atoms with Crippen LogP contribution in [-0.4, -0.2) is 60.6 Å². The molecule has 5 atom stereocenters. The van der Waals surface area contributed by atoms with Crippen LogP contribution in [0.3, 0.4) is 0 Å². The fraction of sp³-hybridized carbons (Fsp3) is 0.389. The Hall–Kier alpha value is -2.32. The number of imidazole rings is 1. The predicted octanol–water partition coefficient (Wildman–Crippen LogP) is 1.51. The molecule has 176 valence electrons. The lowest BCUT2D eigenvalue weighted by Gasteiger charge is -2.34. The number of nitrogens with zero attached hydrogens (tertiary/aromatic N) is 4. The zero-order valence-electron chi connectivity index (χ0n) is 16.7. The van der Waals surface area contributed by atoms with E-state index in [1.54, 1.807) is 24.3 Å². The third kappa shape index (κ3) is 3.67. The number of benzene rings is 1. The maximum absolute atomic E-state index is 14.3. The summed E-state index contributed by atoms with van der Waals surface area (Å²) in [6, 6.07) is 6.94. The van der Waals surface area contributed by atoms with Crippen LogP contribution in [0.25, 0.3) is 11.2 Å². The summed E-state index contributed by atoms with van der Waals surface area (Å²) in [6.45, 7) is -4.31. The van der Waals surface area contributed by atoms with Gasteiger partial charge >= 0.3 is 6.72 Å². The van der Waals surface area contributed by atoms with E-state index in [-0.39, 0.29) is 23.6 Å². The number of halogens is 2. The molecular weight excluding hydrogens is 483 g/mol. The van der Waals surface area contributed by atoms with E-state index in [1.807, 2.05) is 0 Å². The molecule has 1 unspecified atom stereocenters. The standard InChI is InChI=1S/C18H18F2N5O6PS/c19-17(20)18(6-29-32(33)28-5-9-3-1-2-4-10(9)31-32)13(27)12(26)16(30-18)25-8-24-11-14(21)22-7-23-15(11)25/h1-4,7-8,12-13,16-17,26-27H,5-6H2,(H2,21,22,23)/t12-,13-,16-,18-,32?/m1/s1. The van der Waals surface area contributed by atoms with Crippen LogP contribution < -0.4 is 10.3 Å². The van der Waals surface area contributed by atoms with Crippen molar-refractivity contribution in [1.82, 2.24) is 19.5 Å². The molecule has 2 aliphatic heterocycles. The summed E-state index contributed by atoms with van der Waals surface area (Å²) >= 11 is 5.31. The first-order valence-electron chi connectivity index (χ1n) is 9.66. The Morgan fingerprint density at radius 1 is 1.30 bits per heavy atom. The van der Waals surface area contributed by atoms with E-state index in [1.165, 1.54) is 10.9 Å². The van der Waals surface area contributed by atoms with Crippen molar-refractivity contribution in [2.75, 3.05) is 12.3 Å². The lowest BCUT2D eigenvalue weighted by molar-refractivity contribution is -0.192. The molecule has 11 nitrogen and oxygen atoms in total. The van der Waals surface area contributed by atoms with Gasteiger partial charge in [-0.25, -0.2) is 23.7 Å². The monoisotopic (exact) mass is 501 g/mol. The Balaban J connectivity index is 1.42. The second-order valence-corrected chi connectivity index (χ2v) is 10.4. The predicted molar refractivity (Wildman–Crippen MR) is 113 cm³/mol. The normalized spacial score (nSPS) is 31.6. The molecular formula is C18H18F2N5O6PS. The van der Waals surface area contributed by atoms with E-state index >= 15 is 0 Å². The average molecular weight is 501 g/mol. The first-order valence-corrected chi connectivity index (χ1v) is 12.2. The van der Waals surface area contributed by atoms with E-state index in [0.29, 0.717) is 5.75 Å². The molecule has 1 aromatic carbocycles. The highest BCUT2D eigenvalue weighted by atomic mass is 32.5. The highest BCUT2D eigenvalue weighted by Crippen LogP contribution is 2.56. The topological polar surface area (TPSA) is 147 Å². The number of rotatable bonds is 5. The number of aromatic nitrogens is 4. The molecule has 0 spiro atoms. The molecule has 0 bridgehead atoms. The van der Waals surface area contributed by atoms with Gasteiger partial charge in [0.1, 0.15) is 29.8 Å². The Bertz CT molecular complexity index is 1250. The maximum atomic E-state index is 14.3. The number of aliphatic hydroxyl groups is 2. The van der Waals surface area contributed by atoms with Gasteiger partial charge in [0.25, 0.3) is 6.43 Å². The number of anilines is 1. The van der Waals surface area contributed by atoms with Crippen LogP contribution in [0.4, 0.5) is 14.6 Å². The minimum Gasteiger partial charge on any atom is -0.424 e. The third-order valence-electron chi connectivity index (χ3n) is 5.50. The highest BCUT2D eigenvalue weighted by molar-refractivity contribution is 8.07. The molecule has 2 aromatic heterocycles. The zero-order chi connectivity index (χ0) is 23.4. The lowest BCUT2D eigenvalue weighted by atomic mass is 9.96. The molecule has 4 heterocycles.